The highest BCUT2D eigenvalue weighted by molar-refractivity contribution is 5.80. The van der Waals surface area contributed by atoms with Gasteiger partial charge in [0.05, 0.1) is 5.41 Å². The second kappa shape index (κ2) is 4.78. The van der Waals surface area contributed by atoms with E-state index in [1.807, 2.05) is 26.8 Å². The summed E-state index contributed by atoms with van der Waals surface area (Å²) >= 11 is 0. The number of nitrogens with two attached hydrogens (primary N) is 1. The van der Waals surface area contributed by atoms with Gasteiger partial charge in [0.25, 0.3) is 0 Å². The molecule has 2 N–H and O–H groups in total. The Labute approximate surface area is 103 Å². The summed E-state index contributed by atoms with van der Waals surface area (Å²) in [6.07, 6.45) is 0. The number of aryl methyl sites for hydroxylation is 2. The van der Waals surface area contributed by atoms with Gasteiger partial charge in [-0.2, -0.15) is 0 Å². The van der Waals surface area contributed by atoms with Crippen LogP contribution in [0.15, 0.2) is 12.1 Å². The first-order valence-corrected chi connectivity index (χ1v) is 5.75. The van der Waals surface area contributed by atoms with Gasteiger partial charge in [0.2, 0.25) is 5.91 Å². The minimum atomic E-state index is -0.650. The Morgan fingerprint density at radius 3 is 2.29 bits per heavy atom. The maximum absolute atomic E-state index is 11.2. The fourth-order valence-electron chi connectivity index (χ4n) is 1.47. The molecule has 1 amide bonds. The number of ether oxygens (including phenoxy) is 1. The SMILES string of the molecule is Cc1ccc(C)c(OCC(C)(C)C(N)=O)c1C. The molecule has 94 valence electrons. The largest absolute Gasteiger partial charge is 0.492 e. The van der Waals surface area contributed by atoms with E-state index in [2.05, 4.69) is 6.07 Å². The zero-order valence-corrected chi connectivity index (χ0v) is 11.3. The molecule has 1 aromatic carbocycles. The molecule has 0 atom stereocenters. The molecule has 0 saturated carbocycles. The molecule has 3 nitrogen and oxygen atoms in total. The van der Waals surface area contributed by atoms with E-state index in [1.54, 1.807) is 13.8 Å². The quantitative estimate of drug-likeness (QED) is 0.871. The molecule has 0 fully saturated rings. The molecule has 17 heavy (non-hydrogen) atoms. The third-order valence-corrected chi connectivity index (χ3v) is 3.12. The second-order valence-electron chi connectivity index (χ2n) is 5.19. The summed E-state index contributed by atoms with van der Waals surface area (Å²) < 4.78 is 5.77. The van der Waals surface area contributed by atoms with Crippen LogP contribution in [0.4, 0.5) is 0 Å². The van der Waals surface area contributed by atoms with E-state index >= 15 is 0 Å². The Bertz CT molecular complexity index is 436. The van der Waals surface area contributed by atoms with Crippen LogP contribution in [0.5, 0.6) is 5.75 Å². The minimum absolute atomic E-state index is 0.299. The normalized spacial score (nSPS) is 11.4. The van der Waals surface area contributed by atoms with Crippen molar-refractivity contribution in [3.63, 3.8) is 0 Å². The molecular weight excluding hydrogens is 214 g/mol. The fourth-order valence-corrected chi connectivity index (χ4v) is 1.47. The van der Waals surface area contributed by atoms with E-state index in [1.165, 1.54) is 5.56 Å². The zero-order valence-electron chi connectivity index (χ0n) is 11.3. The highest BCUT2D eigenvalue weighted by Gasteiger charge is 2.26. The van der Waals surface area contributed by atoms with Gasteiger partial charge in [-0.1, -0.05) is 12.1 Å². The van der Waals surface area contributed by atoms with Crippen LogP contribution in [-0.4, -0.2) is 12.5 Å². The predicted octanol–water partition coefficient (Wildman–Crippen LogP) is 2.50. The summed E-state index contributed by atoms with van der Waals surface area (Å²) in [4.78, 5) is 11.2. The van der Waals surface area contributed by atoms with E-state index in [0.29, 0.717) is 6.61 Å². The lowest BCUT2D eigenvalue weighted by Gasteiger charge is -2.22. The van der Waals surface area contributed by atoms with Gasteiger partial charge in [0, 0.05) is 0 Å². The summed E-state index contributed by atoms with van der Waals surface area (Å²) in [6.45, 7) is 9.94. The average molecular weight is 235 g/mol. The maximum atomic E-state index is 11.2. The number of hydrogen-bond donors (Lipinski definition) is 1. The number of rotatable bonds is 4. The predicted molar refractivity (Wildman–Crippen MR) is 69.1 cm³/mol. The van der Waals surface area contributed by atoms with Crippen LogP contribution in [0.1, 0.15) is 30.5 Å². The van der Waals surface area contributed by atoms with Crippen LogP contribution >= 0.6 is 0 Å². The van der Waals surface area contributed by atoms with Gasteiger partial charge < -0.3 is 10.5 Å². The van der Waals surface area contributed by atoms with Crippen LogP contribution in [0, 0.1) is 26.2 Å². The Morgan fingerprint density at radius 1 is 1.24 bits per heavy atom. The molecule has 0 radical (unpaired) electrons. The van der Waals surface area contributed by atoms with Gasteiger partial charge >= 0.3 is 0 Å². The molecule has 0 unspecified atom stereocenters. The van der Waals surface area contributed by atoms with E-state index in [9.17, 15) is 4.79 Å². The molecule has 0 aliphatic carbocycles. The van der Waals surface area contributed by atoms with Gasteiger partial charge in [-0.05, 0) is 51.3 Å². The topological polar surface area (TPSA) is 52.3 Å². The number of hydrogen-bond acceptors (Lipinski definition) is 2. The molecule has 1 rings (SSSR count). The summed E-state index contributed by atoms with van der Waals surface area (Å²) in [7, 11) is 0. The molecule has 0 aliphatic rings. The number of benzene rings is 1. The van der Waals surface area contributed by atoms with E-state index in [0.717, 1.165) is 16.9 Å². The molecule has 1 aromatic rings. The number of amides is 1. The van der Waals surface area contributed by atoms with Gasteiger partial charge in [-0.3, -0.25) is 4.79 Å². The molecule has 0 spiro atoms. The lowest BCUT2D eigenvalue weighted by atomic mass is 9.94. The first-order valence-electron chi connectivity index (χ1n) is 5.75. The molecule has 0 aliphatic heterocycles. The monoisotopic (exact) mass is 235 g/mol. The van der Waals surface area contributed by atoms with Crippen molar-refractivity contribution in [1.29, 1.82) is 0 Å². The van der Waals surface area contributed by atoms with E-state index in [4.69, 9.17) is 10.5 Å². The Morgan fingerprint density at radius 2 is 1.76 bits per heavy atom. The van der Waals surface area contributed by atoms with Crippen molar-refractivity contribution in [1.82, 2.24) is 0 Å². The summed E-state index contributed by atoms with van der Waals surface area (Å²) in [5.41, 5.74) is 8.05. The summed E-state index contributed by atoms with van der Waals surface area (Å²) in [5, 5.41) is 0. The zero-order chi connectivity index (χ0) is 13.2. The number of primary amides is 1. The maximum Gasteiger partial charge on any atom is 0.226 e. The van der Waals surface area contributed by atoms with Gasteiger partial charge in [0.15, 0.2) is 0 Å². The molecule has 0 aromatic heterocycles. The lowest BCUT2D eigenvalue weighted by molar-refractivity contribution is -0.127. The highest BCUT2D eigenvalue weighted by Crippen LogP contribution is 2.27. The van der Waals surface area contributed by atoms with Gasteiger partial charge in [-0.25, -0.2) is 0 Å². The Kier molecular flexibility index (Phi) is 3.81. The van der Waals surface area contributed by atoms with Crippen molar-refractivity contribution >= 4 is 5.91 Å². The van der Waals surface area contributed by atoms with Gasteiger partial charge in [-0.15, -0.1) is 0 Å². The molecule has 3 heteroatoms. The van der Waals surface area contributed by atoms with Crippen molar-refractivity contribution < 1.29 is 9.53 Å². The van der Waals surface area contributed by atoms with Crippen LogP contribution in [-0.2, 0) is 4.79 Å². The van der Waals surface area contributed by atoms with Gasteiger partial charge in [0.1, 0.15) is 12.4 Å². The smallest absolute Gasteiger partial charge is 0.226 e. The van der Waals surface area contributed by atoms with Crippen LogP contribution in [0.3, 0.4) is 0 Å². The standard InChI is InChI=1S/C14H21NO2/c1-9-6-7-10(2)12(11(9)3)17-8-14(4,5)13(15)16/h6-7H,8H2,1-5H3,(H2,15,16). The van der Waals surface area contributed by atoms with Crippen molar-refractivity contribution in [2.24, 2.45) is 11.1 Å². The highest BCUT2D eigenvalue weighted by atomic mass is 16.5. The van der Waals surface area contributed by atoms with E-state index < -0.39 is 5.41 Å². The van der Waals surface area contributed by atoms with Crippen molar-refractivity contribution in [2.75, 3.05) is 6.61 Å². The van der Waals surface area contributed by atoms with Crippen LogP contribution in [0.25, 0.3) is 0 Å². The first-order chi connectivity index (χ1) is 7.75. The van der Waals surface area contributed by atoms with Crippen molar-refractivity contribution in [2.45, 2.75) is 34.6 Å². The average Bonchev–Trinajstić information content (AvgIpc) is 2.23. The Hall–Kier alpha value is -1.51. The molecule has 0 saturated heterocycles. The third kappa shape index (κ3) is 2.99. The van der Waals surface area contributed by atoms with E-state index in [-0.39, 0.29) is 5.91 Å². The fraction of sp³-hybridized carbons (Fsp3) is 0.500. The van der Waals surface area contributed by atoms with Crippen LogP contribution in [0.2, 0.25) is 0 Å². The van der Waals surface area contributed by atoms with Crippen molar-refractivity contribution in [3.05, 3.63) is 28.8 Å². The lowest BCUT2D eigenvalue weighted by Crippen LogP contribution is -2.36. The van der Waals surface area contributed by atoms with Crippen LogP contribution < -0.4 is 10.5 Å². The minimum Gasteiger partial charge on any atom is -0.492 e. The molecular formula is C14H21NO2. The number of carbonyl (C=O) groups excluding carboxylic acids is 1. The van der Waals surface area contributed by atoms with Crippen molar-refractivity contribution in [3.8, 4) is 5.75 Å². The summed E-state index contributed by atoms with van der Waals surface area (Å²) in [6, 6.07) is 4.09. The first kappa shape index (κ1) is 13.6. The third-order valence-electron chi connectivity index (χ3n) is 3.12. The molecule has 0 heterocycles. The second-order valence-corrected chi connectivity index (χ2v) is 5.19. The Balaban J connectivity index is 2.90. The molecule has 0 bridgehead atoms. The summed E-state index contributed by atoms with van der Waals surface area (Å²) in [5.74, 6) is 0.514. The number of carbonyl (C=O) groups is 1.